The summed E-state index contributed by atoms with van der Waals surface area (Å²) in [6.45, 7) is 12.3. The molecule has 3 aromatic rings. The molecule has 3 aromatic carbocycles. The Morgan fingerprint density at radius 2 is 1.44 bits per heavy atom. The first kappa shape index (κ1) is 20.6. The molecule has 0 fully saturated rings. The van der Waals surface area contributed by atoms with Crippen molar-refractivity contribution in [3.63, 3.8) is 0 Å². The Bertz CT molecular complexity index is 1480. The molecule has 1 unspecified atom stereocenters. The molecule has 5 rings (SSSR count). The fourth-order valence-corrected chi connectivity index (χ4v) is 5.71. The summed E-state index contributed by atoms with van der Waals surface area (Å²) in [5.41, 5.74) is 5.73. The molecule has 4 heteroatoms. The molecule has 0 bridgehead atoms. The highest BCUT2D eigenvalue weighted by Gasteiger charge is 2.41. The third kappa shape index (κ3) is 2.59. The van der Waals surface area contributed by atoms with Crippen molar-refractivity contribution in [2.24, 2.45) is 4.99 Å². The molecule has 2 aliphatic rings. The van der Waals surface area contributed by atoms with Gasteiger partial charge < -0.3 is 5.32 Å². The fourth-order valence-electron chi connectivity index (χ4n) is 5.71. The second kappa shape index (κ2) is 6.61. The van der Waals surface area contributed by atoms with Crippen LogP contribution in [0.15, 0.2) is 63.1 Å². The van der Waals surface area contributed by atoms with Crippen LogP contribution in [0.5, 0.6) is 0 Å². The smallest absolute Gasteiger partial charge is 0.201 e. The highest BCUT2D eigenvalue weighted by atomic mass is 16.1. The number of anilines is 1. The Balaban J connectivity index is 1.65. The van der Waals surface area contributed by atoms with Crippen LogP contribution in [0, 0.1) is 0 Å². The number of hydrogen-bond donors (Lipinski definition) is 1. The van der Waals surface area contributed by atoms with Crippen LogP contribution in [-0.2, 0) is 10.8 Å². The predicted octanol–water partition coefficient (Wildman–Crippen LogP) is 3.46. The van der Waals surface area contributed by atoms with E-state index in [2.05, 4.69) is 45.1 Å². The molecule has 2 aliphatic heterocycles. The Hall–Kier alpha value is -3.27. The predicted molar refractivity (Wildman–Crippen MR) is 132 cm³/mol. The standard InChI is InChI=1S/C28H28N2O2/c1-15(25-27(3,4)17-11-7-9-13-19(17)29-25)21-23(31)22(24(21)32)16(2)26-28(5,6)18-12-8-10-14-20(18)30-26/h7-14,25,29H,1-6H3. The highest BCUT2D eigenvalue weighted by molar-refractivity contribution is 6.25. The van der Waals surface area contributed by atoms with Crippen molar-refractivity contribution >= 4 is 28.2 Å². The topological polar surface area (TPSA) is 58.5 Å². The van der Waals surface area contributed by atoms with Crippen molar-refractivity contribution in [3.8, 4) is 0 Å². The van der Waals surface area contributed by atoms with Crippen LogP contribution in [0.3, 0.4) is 0 Å². The first-order valence-electron chi connectivity index (χ1n) is 11.1. The van der Waals surface area contributed by atoms with E-state index in [1.807, 2.05) is 50.2 Å². The monoisotopic (exact) mass is 424 g/mol. The summed E-state index contributed by atoms with van der Waals surface area (Å²) in [4.78, 5) is 31.4. The Morgan fingerprint density at radius 1 is 0.844 bits per heavy atom. The maximum atomic E-state index is 13.3. The Labute approximate surface area is 187 Å². The molecule has 0 spiro atoms. The van der Waals surface area contributed by atoms with E-state index in [1.54, 1.807) is 0 Å². The van der Waals surface area contributed by atoms with Gasteiger partial charge in [0.05, 0.1) is 27.9 Å². The quantitative estimate of drug-likeness (QED) is 0.685. The number of fused-ring (bicyclic) bond motifs is 2. The largest absolute Gasteiger partial charge is 0.377 e. The number of aliphatic imine (C=N–C) groups is 1. The average molecular weight is 425 g/mol. The fraction of sp³-hybridized carbons (Fsp3) is 0.321. The zero-order chi connectivity index (χ0) is 23.0. The van der Waals surface area contributed by atoms with Crippen LogP contribution in [-0.4, -0.2) is 11.8 Å². The van der Waals surface area contributed by atoms with Gasteiger partial charge in [-0.15, -0.1) is 0 Å². The molecule has 0 aliphatic carbocycles. The minimum atomic E-state index is -0.348. The first-order chi connectivity index (χ1) is 15.1. The summed E-state index contributed by atoms with van der Waals surface area (Å²) in [5, 5.41) is 4.15. The summed E-state index contributed by atoms with van der Waals surface area (Å²) in [6.07, 6.45) is 0. The van der Waals surface area contributed by atoms with E-state index in [9.17, 15) is 9.59 Å². The lowest BCUT2D eigenvalue weighted by molar-refractivity contribution is 0.523. The lowest BCUT2D eigenvalue weighted by Crippen LogP contribution is -2.67. The van der Waals surface area contributed by atoms with Gasteiger partial charge >= 0.3 is 0 Å². The Kier molecular flexibility index (Phi) is 4.26. The van der Waals surface area contributed by atoms with E-state index < -0.39 is 0 Å². The van der Waals surface area contributed by atoms with Gasteiger partial charge in [-0.25, -0.2) is 0 Å². The van der Waals surface area contributed by atoms with E-state index in [1.165, 1.54) is 5.56 Å². The van der Waals surface area contributed by atoms with Crippen molar-refractivity contribution in [1.82, 2.24) is 0 Å². The van der Waals surface area contributed by atoms with Crippen molar-refractivity contribution in [2.75, 3.05) is 5.32 Å². The van der Waals surface area contributed by atoms with Crippen LogP contribution in [0.25, 0.3) is 11.1 Å². The van der Waals surface area contributed by atoms with Crippen LogP contribution < -0.4 is 26.6 Å². The molecule has 4 nitrogen and oxygen atoms in total. The molecular formula is C28H28N2O2. The summed E-state index contributed by atoms with van der Waals surface area (Å²) < 4.78 is 0. The van der Waals surface area contributed by atoms with E-state index in [4.69, 9.17) is 4.99 Å². The normalized spacial score (nSPS) is 19.8. The van der Waals surface area contributed by atoms with Gasteiger partial charge in [-0.2, -0.15) is 0 Å². The lowest BCUT2D eigenvalue weighted by atomic mass is 9.76. The maximum absolute atomic E-state index is 13.3. The molecular weight excluding hydrogens is 396 g/mol. The van der Waals surface area contributed by atoms with Crippen molar-refractivity contribution < 1.29 is 0 Å². The number of benzene rings is 2. The number of hydrogen-bond acceptors (Lipinski definition) is 4. The lowest BCUT2D eigenvalue weighted by Gasteiger charge is -2.28. The zero-order valence-electron chi connectivity index (χ0n) is 19.5. The van der Waals surface area contributed by atoms with Crippen LogP contribution in [0.4, 0.5) is 11.4 Å². The van der Waals surface area contributed by atoms with Gasteiger partial charge in [0.1, 0.15) is 0 Å². The number of nitrogens with one attached hydrogen (secondary N) is 1. The molecule has 1 N–H and O–H groups in total. The van der Waals surface area contributed by atoms with Gasteiger partial charge in [-0.05, 0) is 48.3 Å². The van der Waals surface area contributed by atoms with Crippen LogP contribution >= 0.6 is 0 Å². The second-order valence-electron chi connectivity index (χ2n) is 10.2. The number of para-hydroxylation sites is 2. The van der Waals surface area contributed by atoms with E-state index in [0.717, 1.165) is 28.2 Å². The van der Waals surface area contributed by atoms with Crippen LogP contribution in [0.2, 0.25) is 0 Å². The molecule has 162 valence electrons. The molecule has 0 aromatic heterocycles. The second-order valence-corrected chi connectivity index (χ2v) is 10.2. The van der Waals surface area contributed by atoms with E-state index >= 15 is 0 Å². The first-order valence-corrected chi connectivity index (χ1v) is 11.1. The molecule has 0 saturated carbocycles. The van der Waals surface area contributed by atoms with E-state index in [-0.39, 0.29) is 32.9 Å². The van der Waals surface area contributed by atoms with Gasteiger partial charge in [-0.3, -0.25) is 14.6 Å². The molecule has 1 atom stereocenters. The summed E-state index contributed by atoms with van der Waals surface area (Å²) >= 11 is 0. The number of rotatable bonds is 2. The molecule has 0 radical (unpaired) electrons. The summed E-state index contributed by atoms with van der Waals surface area (Å²) in [6, 6.07) is 16.1. The summed E-state index contributed by atoms with van der Waals surface area (Å²) in [5.74, 6) is 0. The molecule has 0 saturated heterocycles. The van der Waals surface area contributed by atoms with Crippen LogP contribution in [0.1, 0.15) is 52.7 Å². The van der Waals surface area contributed by atoms with Gasteiger partial charge in [0, 0.05) is 16.5 Å². The van der Waals surface area contributed by atoms with Crippen molar-refractivity contribution in [2.45, 2.75) is 58.4 Å². The minimum Gasteiger partial charge on any atom is -0.377 e. The average Bonchev–Trinajstić information content (AvgIpc) is 3.18. The Morgan fingerprint density at radius 3 is 2.06 bits per heavy atom. The number of nitrogens with zero attached hydrogens (tertiary/aromatic N) is 1. The van der Waals surface area contributed by atoms with Gasteiger partial charge in [0.2, 0.25) is 10.9 Å². The van der Waals surface area contributed by atoms with Gasteiger partial charge in [0.25, 0.3) is 0 Å². The minimum absolute atomic E-state index is 0.103. The van der Waals surface area contributed by atoms with Gasteiger partial charge in [-0.1, -0.05) is 64.1 Å². The third-order valence-corrected chi connectivity index (χ3v) is 7.51. The van der Waals surface area contributed by atoms with E-state index in [0.29, 0.717) is 10.8 Å². The zero-order valence-corrected chi connectivity index (χ0v) is 19.5. The third-order valence-electron chi connectivity index (χ3n) is 7.51. The molecule has 32 heavy (non-hydrogen) atoms. The summed E-state index contributed by atoms with van der Waals surface area (Å²) in [7, 11) is 0. The van der Waals surface area contributed by atoms with Crippen molar-refractivity contribution in [1.29, 1.82) is 0 Å². The molecule has 0 amide bonds. The maximum Gasteiger partial charge on any atom is 0.201 e. The molecule has 2 heterocycles. The highest BCUT2D eigenvalue weighted by Crippen LogP contribution is 2.43. The SMILES string of the molecule is CC(C1=Nc2ccccc2C1(C)C)=c1c(=O)c(=C(C)C2Nc3ccccc3C2(C)C)c1=O. The van der Waals surface area contributed by atoms with Crippen molar-refractivity contribution in [3.05, 3.63) is 90.5 Å². The van der Waals surface area contributed by atoms with Gasteiger partial charge in [0.15, 0.2) is 0 Å².